The lowest BCUT2D eigenvalue weighted by Gasteiger charge is -2.29. The summed E-state index contributed by atoms with van der Waals surface area (Å²) in [6.07, 6.45) is 5.98. The number of amides is 1. The lowest BCUT2D eigenvalue weighted by molar-refractivity contribution is -0.118. The molecule has 2 aliphatic rings. The van der Waals surface area contributed by atoms with Crippen molar-refractivity contribution >= 4 is 22.5 Å². The highest BCUT2D eigenvalue weighted by Gasteiger charge is 2.22. The van der Waals surface area contributed by atoms with Crippen LogP contribution in [0, 0.1) is 5.92 Å². The normalized spacial score (nSPS) is 20.0. The predicted molar refractivity (Wildman–Crippen MR) is 125 cm³/mol. The molecule has 1 fully saturated rings. The molecular weight excluding hydrogens is 420 g/mol. The van der Waals surface area contributed by atoms with Crippen molar-refractivity contribution in [1.29, 1.82) is 0 Å². The number of ether oxygens (including phenoxy) is 3. The number of aromatic nitrogens is 2. The van der Waals surface area contributed by atoms with Gasteiger partial charge in [0.2, 0.25) is 5.88 Å². The monoisotopic (exact) mass is 448 g/mol. The number of nitrogens with one attached hydrogen (secondary N) is 2. The van der Waals surface area contributed by atoms with Gasteiger partial charge in [0, 0.05) is 12.6 Å². The van der Waals surface area contributed by atoms with Crippen LogP contribution >= 0.6 is 0 Å². The number of hydrogen-bond acceptors (Lipinski definition) is 7. The second-order valence-electron chi connectivity index (χ2n) is 8.64. The van der Waals surface area contributed by atoms with Gasteiger partial charge in [-0.3, -0.25) is 4.79 Å². The highest BCUT2D eigenvalue weighted by Crippen LogP contribution is 2.30. The van der Waals surface area contributed by atoms with Crippen LogP contribution in [0.25, 0.3) is 10.9 Å². The van der Waals surface area contributed by atoms with Crippen molar-refractivity contribution < 1.29 is 19.0 Å². The maximum Gasteiger partial charge on any atom is 0.262 e. The Bertz CT molecular complexity index is 1140. The molecular formula is C25H28N4O4. The van der Waals surface area contributed by atoms with Crippen LogP contribution in [0.1, 0.15) is 31.2 Å². The fourth-order valence-electron chi connectivity index (χ4n) is 4.49. The summed E-state index contributed by atoms with van der Waals surface area (Å²) in [6.45, 7) is 1.50. The van der Waals surface area contributed by atoms with Crippen LogP contribution in [-0.4, -0.2) is 42.2 Å². The average Bonchev–Trinajstić information content (AvgIpc) is 2.86. The van der Waals surface area contributed by atoms with Crippen molar-refractivity contribution in [3.63, 3.8) is 0 Å². The van der Waals surface area contributed by atoms with Crippen molar-refractivity contribution in [2.45, 2.75) is 38.3 Å². The minimum absolute atomic E-state index is 0.0825. The van der Waals surface area contributed by atoms with Crippen LogP contribution in [0.15, 0.2) is 42.7 Å². The van der Waals surface area contributed by atoms with E-state index in [1.165, 1.54) is 0 Å². The molecule has 1 aliphatic carbocycles. The predicted octanol–water partition coefficient (Wildman–Crippen LogP) is 3.70. The van der Waals surface area contributed by atoms with Gasteiger partial charge < -0.3 is 24.8 Å². The number of carbonyl (C=O) groups is 1. The zero-order valence-corrected chi connectivity index (χ0v) is 18.7. The summed E-state index contributed by atoms with van der Waals surface area (Å²) in [5.41, 5.74) is 2.74. The molecule has 1 amide bonds. The van der Waals surface area contributed by atoms with Gasteiger partial charge in [0.25, 0.3) is 5.91 Å². The Morgan fingerprint density at radius 3 is 2.85 bits per heavy atom. The molecule has 8 heteroatoms. The summed E-state index contributed by atoms with van der Waals surface area (Å²) in [5.74, 6) is 2.51. The van der Waals surface area contributed by atoms with Gasteiger partial charge in [0.05, 0.1) is 30.3 Å². The first-order valence-electron chi connectivity index (χ1n) is 11.4. The average molecular weight is 449 g/mol. The summed E-state index contributed by atoms with van der Waals surface area (Å²) in [5, 5.41) is 7.40. The minimum Gasteiger partial charge on any atom is -0.497 e. The number of rotatable bonds is 7. The number of hydrogen-bond donors (Lipinski definition) is 2. The van der Waals surface area contributed by atoms with Crippen LogP contribution in [0.5, 0.6) is 17.4 Å². The van der Waals surface area contributed by atoms with Crippen LogP contribution in [-0.2, 0) is 11.3 Å². The molecule has 172 valence electrons. The quantitative estimate of drug-likeness (QED) is 0.569. The van der Waals surface area contributed by atoms with Crippen LogP contribution in [0.3, 0.4) is 0 Å². The summed E-state index contributed by atoms with van der Waals surface area (Å²) in [7, 11) is 1.65. The molecule has 1 aliphatic heterocycles. The van der Waals surface area contributed by atoms with Crippen LogP contribution < -0.4 is 24.8 Å². The Labute approximate surface area is 192 Å². The highest BCUT2D eigenvalue weighted by molar-refractivity contribution is 5.95. The Hall–Kier alpha value is -3.39. The fourth-order valence-corrected chi connectivity index (χ4v) is 4.49. The zero-order valence-electron chi connectivity index (χ0n) is 18.7. The van der Waals surface area contributed by atoms with Crippen molar-refractivity contribution in [2.24, 2.45) is 5.92 Å². The largest absolute Gasteiger partial charge is 0.497 e. The van der Waals surface area contributed by atoms with E-state index >= 15 is 0 Å². The Morgan fingerprint density at radius 2 is 2.00 bits per heavy atom. The first-order valence-corrected chi connectivity index (χ1v) is 11.4. The zero-order chi connectivity index (χ0) is 22.6. The van der Waals surface area contributed by atoms with E-state index in [2.05, 4.69) is 20.6 Å². The maximum atomic E-state index is 11.5. The van der Waals surface area contributed by atoms with Gasteiger partial charge in [0.15, 0.2) is 6.61 Å². The van der Waals surface area contributed by atoms with E-state index in [-0.39, 0.29) is 12.5 Å². The third-order valence-electron chi connectivity index (χ3n) is 6.38. The lowest BCUT2D eigenvalue weighted by Crippen LogP contribution is -2.34. The summed E-state index contributed by atoms with van der Waals surface area (Å²) < 4.78 is 16.9. The van der Waals surface area contributed by atoms with Gasteiger partial charge in [-0.15, -0.1) is 0 Å². The maximum absolute atomic E-state index is 11.5. The molecule has 0 unspecified atom stereocenters. The molecule has 0 bridgehead atoms. The van der Waals surface area contributed by atoms with Crippen molar-refractivity contribution in [3.8, 4) is 17.4 Å². The third-order valence-corrected chi connectivity index (χ3v) is 6.38. The van der Waals surface area contributed by atoms with Gasteiger partial charge in [-0.05, 0) is 67.5 Å². The Balaban J connectivity index is 1.11. The summed E-state index contributed by atoms with van der Waals surface area (Å²) in [4.78, 5) is 20.2. The number of anilines is 1. The lowest BCUT2D eigenvalue weighted by atomic mass is 9.86. The molecule has 0 spiro atoms. The summed E-state index contributed by atoms with van der Waals surface area (Å²) >= 11 is 0. The van der Waals surface area contributed by atoms with E-state index in [9.17, 15) is 4.79 Å². The SMILES string of the molecule is COc1ccc2ncnc(OCC3CCC(NCc4ccc5c(c4)NC(=O)CO5)CC3)c2c1. The molecule has 1 saturated carbocycles. The van der Waals surface area contributed by atoms with E-state index in [0.717, 1.165) is 65.9 Å². The molecule has 1 aromatic heterocycles. The highest BCUT2D eigenvalue weighted by atomic mass is 16.5. The van der Waals surface area contributed by atoms with Gasteiger partial charge in [-0.2, -0.15) is 0 Å². The molecule has 2 heterocycles. The van der Waals surface area contributed by atoms with Crippen LogP contribution in [0.2, 0.25) is 0 Å². The molecule has 5 rings (SSSR count). The molecule has 2 N–H and O–H groups in total. The first-order chi connectivity index (χ1) is 16.2. The van der Waals surface area contributed by atoms with Crippen molar-refractivity contribution in [2.75, 3.05) is 25.6 Å². The molecule has 0 atom stereocenters. The smallest absolute Gasteiger partial charge is 0.262 e. The third kappa shape index (κ3) is 5.01. The minimum atomic E-state index is -0.109. The topological polar surface area (TPSA) is 94.6 Å². The van der Waals surface area contributed by atoms with Crippen molar-refractivity contribution in [1.82, 2.24) is 15.3 Å². The number of benzene rings is 2. The van der Waals surface area contributed by atoms with Crippen molar-refractivity contribution in [3.05, 3.63) is 48.3 Å². The van der Waals surface area contributed by atoms with Gasteiger partial charge in [0.1, 0.15) is 17.8 Å². The molecule has 0 saturated heterocycles. The van der Waals surface area contributed by atoms with E-state index in [4.69, 9.17) is 14.2 Å². The first kappa shape index (κ1) is 21.5. The fraction of sp³-hybridized carbons (Fsp3) is 0.400. The van der Waals surface area contributed by atoms with E-state index in [0.29, 0.717) is 24.4 Å². The molecule has 2 aromatic carbocycles. The number of nitrogens with zero attached hydrogens (tertiary/aromatic N) is 2. The van der Waals surface area contributed by atoms with Gasteiger partial charge >= 0.3 is 0 Å². The van der Waals surface area contributed by atoms with E-state index in [1.807, 2.05) is 36.4 Å². The standard InChI is InChI=1S/C25H28N4O4/c1-31-19-7-8-21-20(11-19)25(28-15-27-21)33-13-16-2-5-18(6-3-16)26-12-17-4-9-23-22(10-17)29-24(30)14-32-23/h4,7-11,15-16,18,26H,2-3,5-6,12-14H2,1H3,(H,29,30). The molecule has 3 aromatic rings. The molecule has 0 radical (unpaired) electrons. The van der Waals surface area contributed by atoms with Gasteiger partial charge in [-0.1, -0.05) is 6.07 Å². The van der Waals surface area contributed by atoms with E-state index in [1.54, 1.807) is 13.4 Å². The Morgan fingerprint density at radius 1 is 1.12 bits per heavy atom. The summed E-state index contributed by atoms with van der Waals surface area (Å²) in [6, 6.07) is 12.2. The number of carbonyl (C=O) groups excluding carboxylic acids is 1. The molecule has 8 nitrogen and oxygen atoms in total. The van der Waals surface area contributed by atoms with Gasteiger partial charge in [-0.25, -0.2) is 9.97 Å². The number of fused-ring (bicyclic) bond motifs is 2. The number of methoxy groups -OCH3 is 1. The molecule has 33 heavy (non-hydrogen) atoms. The second-order valence-corrected chi connectivity index (χ2v) is 8.64. The Kier molecular flexibility index (Phi) is 6.26. The van der Waals surface area contributed by atoms with E-state index < -0.39 is 0 Å². The van der Waals surface area contributed by atoms with Crippen LogP contribution in [0.4, 0.5) is 5.69 Å². The second kappa shape index (κ2) is 9.62.